The zero-order chi connectivity index (χ0) is 10.4. The minimum Gasteiger partial charge on any atom is -0.492 e. The van der Waals surface area contributed by atoms with Crippen molar-refractivity contribution in [3.63, 3.8) is 0 Å². The molecule has 0 amide bonds. The number of halogens is 2. The molecule has 0 spiro atoms. The summed E-state index contributed by atoms with van der Waals surface area (Å²) in [6, 6.07) is 6.17. The Morgan fingerprint density at radius 1 is 1.40 bits per heavy atom. The van der Waals surface area contributed by atoms with Gasteiger partial charge in [0.15, 0.2) is 0 Å². The van der Waals surface area contributed by atoms with Gasteiger partial charge in [-0.05, 0) is 59.8 Å². The molecule has 0 bridgehead atoms. The zero-order valence-corrected chi connectivity index (χ0v) is 12.0. The van der Waals surface area contributed by atoms with Gasteiger partial charge in [0.1, 0.15) is 12.4 Å². The first-order chi connectivity index (χ1) is 6.74. The Labute approximate surface area is 111 Å². The van der Waals surface area contributed by atoms with Crippen LogP contribution in [-0.2, 0) is 0 Å². The van der Waals surface area contributed by atoms with Gasteiger partial charge >= 0.3 is 0 Å². The van der Waals surface area contributed by atoms with E-state index in [2.05, 4.69) is 53.9 Å². The molecule has 1 N–H and O–H groups in total. The van der Waals surface area contributed by atoms with Crippen molar-refractivity contribution in [2.45, 2.75) is 13.8 Å². The van der Waals surface area contributed by atoms with E-state index in [1.54, 1.807) is 0 Å². The van der Waals surface area contributed by atoms with E-state index in [9.17, 15) is 0 Å². The molecular formula is C11H17ClINO. The van der Waals surface area contributed by atoms with Gasteiger partial charge in [0.25, 0.3) is 0 Å². The third-order valence-electron chi connectivity index (χ3n) is 1.93. The van der Waals surface area contributed by atoms with Crippen molar-refractivity contribution in [2.24, 2.45) is 0 Å². The summed E-state index contributed by atoms with van der Waals surface area (Å²) in [6.07, 6.45) is 0. The summed E-state index contributed by atoms with van der Waals surface area (Å²) in [5.41, 5.74) is 1.27. The predicted octanol–water partition coefficient (Wildman–Crippen LogP) is 3.01. The first-order valence-electron chi connectivity index (χ1n) is 4.83. The molecule has 0 fully saturated rings. The average molecular weight is 342 g/mol. The maximum atomic E-state index is 5.58. The van der Waals surface area contributed by atoms with Crippen LogP contribution in [0.25, 0.3) is 0 Å². The van der Waals surface area contributed by atoms with Crippen molar-refractivity contribution in [3.05, 3.63) is 27.3 Å². The average Bonchev–Trinajstić information content (AvgIpc) is 2.18. The van der Waals surface area contributed by atoms with Crippen LogP contribution >= 0.6 is 35.0 Å². The largest absolute Gasteiger partial charge is 0.492 e. The lowest BCUT2D eigenvalue weighted by atomic mass is 10.2. The van der Waals surface area contributed by atoms with Crippen molar-refractivity contribution in [1.82, 2.24) is 5.32 Å². The molecule has 0 heterocycles. The van der Waals surface area contributed by atoms with Crippen LogP contribution in [0, 0.1) is 10.5 Å². The summed E-state index contributed by atoms with van der Waals surface area (Å²) in [4.78, 5) is 0. The fourth-order valence-electron chi connectivity index (χ4n) is 1.12. The number of rotatable bonds is 5. The lowest BCUT2D eigenvalue weighted by molar-refractivity contribution is 0.315. The van der Waals surface area contributed by atoms with Crippen LogP contribution in [0.15, 0.2) is 18.2 Å². The zero-order valence-electron chi connectivity index (χ0n) is 9.05. The van der Waals surface area contributed by atoms with Gasteiger partial charge in [-0.2, -0.15) is 0 Å². The quantitative estimate of drug-likeness (QED) is 0.657. The molecule has 4 heteroatoms. The lowest BCUT2D eigenvalue weighted by Crippen LogP contribution is -2.20. The Bertz CT molecular complexity index is 294. The maximum absolute atomic E-state index is 5.58. The number of nitrogens with one attached hydrogen (secondary N) is 1. The van der Waals surface area contributed by atoms with Gasteiger partial charge in [-0.25, -0.2) is 0 Å². The van der Waals surface area contributed by atoms with Crippen LogP contribution < -0.4 is 10.1 Å². The number of aryl methyl sites for hydroxylation is 1. The lowest BCUT2D eigenvalue weighted by Gasteiger charge is -2.07. The number of hydrogen-bond acceptors (Lipinski definition) is 2. The van der Waals surface area contributed by atoms with Crippen LogP contribution in [-0.4, -0.2) is 19.7 Å². The molecule has 0 aromatic heterocycles. The van der Waals surface area contributed by atoms with Crippen LogP contribution in [0.2, 0.25) is 0 Å². The fourth-order valence-corrected chi connectivity index (χ4v) is 1.46. The number of ether oxygens (including phenoxy) is 1. The monoisotopic (exact) mass is 341 g/mol. The van der Waals surface area contributed by atoms with Crippen LogP contribution in [0.1, 0.15) is 12.5 Å². The second kappa shape index (κ2) is 8.19. The van der Waals surface area contributed by atoms with Crippen molar-refractivity contribution in [1.29, 1.82) is 0 Å². The van der Waals surface area contributed by atoms with E-state index in [1.165, 1.54) is 9.13 Å². The van der Waals surface area contributed by atoms with Gasteiger partial charge < -0.3 is 10.1 Å². The molecule has 1 rings (SSSR count). The highest BCUT2D eigenvalue weighted by atomic mass is 127. The highest BCUT2D eigenvalue weighted by molar-refractivity contribution is 14.1. The molecule has 2 nitrogen and oxygen atoms in total. The van der Waals surface area contributed by atoms with Crippen molar-refractivity contribution in [2.75, 3.05) is 19.7 Å². The third kappa shape index (κ3) is 5.58. The molecule has 0 aliphatic heterocycles. The molecule has 0 aliphatic rings. The van der Waals surface area contributed by atoms with Crippen LogP contribution in [0.4, 0.5) is 0 Å². The van der Waals surface area contributed by atoms with Gasteiger partial charge in [-0.3, -0.25) is 0 Å². The van der Waals surface area contributed by atoms with Gasteiger partial charge in [0, 0.05) is 10.1 Å². The third-order valence-corrected chi connectivity index (χ3v) is 3.14. The van der Waals surface area contributed by atoms with Crippen molar-refractivity contribution >= 4 is 35.0 Å². The topological polar surface area (TPSA) is 21.3 Å². The number of hydrogen-bond donors (Lipinski definition) is 1. The van der Waals surface area contributed by atoms with Crippen LogP contribution in [0.3, 0.4) is 0 Å². The predicted molar refractivity (Wildman–Crippen MR) is 75.2 cm³/mol. The Morgan fingerprint density at radius 2 is 2.13 bits per heavy atom. The molecular weight excluding hydrogens is 324 g/mol. The Hall–Kier alpha value is -0.0000000000000000555. The minimum absolute atomic E-state index is 0. The minimum atomic E-state index is 0. The van der Waals surface area contributed by atoms with E-state index < -0.39 is 0 Å². The Morgan fingerprint density at radius 3 is 2.73 bits per heavy atom. The summed E-state index contributed by atoms with van der Waals surface area (Å²) in [6.45, 7) is 6.82. The van der Waals surface area contributed by atoms with Crippen molar-refractivity contribution < 1.29 is 4.74 Å². The summed E-state index contributed by atoms with van der Waals surface area (Å²) in [7, 11) is 0. The SMILES string of the molecule is CCNCCOc1ccc(I)c(C)c1.Cl. The van der Waals surface area contributed by atoms with E-state index in [0.717, 1.165) is 25.4 Å². The first kappa shape index (κ1) is 15.0. The van der Waals surface area contributed by atoms with Gasteiger partial charge in [0.05, 0.1) is 0 Å². The highest BCUT2D eigenvalue weighted by Gasteiger charge is 1.97. The van der Waals surface area contributed by atoms with Gasteiger partial charge in [-0.1, -0.05) is 6.92 Å². The Kier molecular flexibility index (Phi) is 8.19. The molecule has 0 saturated heterocycles. The van der Waals surface area contributed by atoms with E-state index in [1.807, 2.05) is 6.07 Å². The smallest absolute Gasteiger partial charge is 0.119 e. The van der Waals surface area contributed by atoms with Crippen molar-refractivity contribution in [3.8, 4) is 5.75 Å². The van der Waals surface area contributed by atoms with E-state index in [4.69, 9.17) is 4.74 Å². The Balaban J connectivity index is 0.00000196. The molecule has 1 aromatic rings. The molecule has 0 atom stereocenters. The molecule has 1 aromatic carbocycles. The summed E-state index contributed by atoms with van der Waals surface area (Å²) in [5, 5.41) is 3.22. The molecule has 0 aliphatic carbocycles. The van der Waals surface area contributed by atoms with Gasteiger partial charge in [0.2, 0.25) is 0 Å². The standard InChI is InChI=1S/C11H16INO.ClH/c1-3-13-6-7-14-10-4-5-11(12)9(2)8-10;/h4-5,8,13H,3,6-7H2,1-2H3;1H. The molecule has 0 radical (unpaired) electrons. The van der Waals surface area contributed by atoms with Gasteiger partial charge in [-0.15, -0.1) is 12.4 Å². The summed E-state index contributed by atoms with van der Waals surface area (Å²) in [5.74, 6) is 0.959. The summed E-state index contributed by atoms with van der Waals surface area (Å²) < 4.78 is 6.86. The molecule has 0 unspecified atom stereocenters. The molecule has 86 valence electrons. The normalized spacial score (nSPS) is 9.53. The van der Waals surface area contributed by atoms with E-state index in [-0.39, 0.29) is 12.4 Å². The highest BCUT2D eigenvalue weighted by Crippen LogP contribution is 2.18. The summed E-state index contributed by atoms with van der Waals surface area (Å²) >= 11 is 2.32. The van der Waals surface area contributed by atoms with E-state index in [0.29, 0.717) is 0 Å². The number of likely N-dealkylation sites (N-methyl/N-ethyl adjacent to an activating group) is 1. The van der Waals surface area contributed by atoms with Crippen LogP contribution in [0.5, 0.6) is 5.75 Å². The second-order valence-electron chi connectivity index (χ2n) is 3.11. The first-order valence-corrected chi connectivity index (χ1v) is 5.91. The van der Waals surface area contributed by atoms with E-state index >= 15 is 0 Å². The molecule has 0 saturated carbocycles. The molecule has 15 heavy (non-hydrogen) atoms. The fraction of sp³-hybridized carbons (Fsp3) is 0.455. The maximum Gasteiger partial charge on any atom is 0.119 e. The number of benzene rings is 1. The second-order valence-corrected chi connectivity index (χ2v) is 4.28.